The fourth-order valence-electron chi connectivity index (χ4n) is 4.90. The van der Waals surface area contributed by atoms with Gasteiger partial charge in [-0.15, -0.1) is 11.8 Å². The standard InChI is InChI=1S/C25H36N8O3S/c1-30(9-12-35-2)25(34)33-7-5-31(6-8-33)17-19-15-20-22(37-19)24(32-10-13-36-14-11-32)29-23(28-20)18-3-4-21(26)27-16-18/h3-4,16,19H,5-15,17H2,1-2H3,(H2,26,27). The molecule has 200 valence electrons. The molecular formula is C25H36N8O3S. The Labute approximate surface area is 222 Å². The van der Waals surface area contributed by atoms with Crippen LogP contribution in [0.4, 0.5) is 16.4 Å². The molecule has 11 nitrogen and oxygen atoms in total. The number of hydrogen-bond donors (Lipinski definition) is 1. The first kappa shape index (κ1) is 26.0. The van der Waals surface area contributed by atoms with Crippen molar-refractivity contribution in [1.82, 2.24) is 29.7 Å². The molecule has 2 aromatic heterocycles. The Morgan fingerprint density at radius 1 is 1.19 bits per heavy atom. The number of piperazine rings is 1. The molecule has 2 fully saturated rings. The van der Waals surface area contributed by atoms with Crippen LogP contribution in [0.3, 0.4) is 0 Å². The van der Waals surface area contributed by atoms with Crippen molar-refractivity contribution in [2.45, 2.75) is 16.6 Å². The molecule has 0 spiro atoms. The normalized spacial score (nSPS) is 20.2. The third-order valence-corrected chi connectivity index (χ3v) is 8.34. The van der Waals surface area contributed by atoms with Gasteiger partial charge in [0.15, 0.2) is 5.82 Å². The van der Waals surface area contributed by atoms with Gasteiger partial charge in [-0.25, -0.2) is 19.7 Å². The zero-order valence-electron chi connectivity index (χ0n) is 21.6. The average molecular weight is 529 g/mol. The summed E-state index contributed by atoms with van der Waals surface area (Å²) in [5.74, 6) is 2.18. The molecule has 3 aliphatic heterocycles. The molecule has 0 bridgehead atoms. The van der Waals surface area contributed by atoms with Gasteiger partial charge in [0.1, 0.15) is 11.6 Å². The first-order valence-corrected chi connectivity index (χ1v) is 13.7. The molecule has 1 atom stereocenters. The monoisotopic (exact) mass is 528 g/mol. The van der Waals surface area contributed by atoms with Crippen LogP contribution in [0.5, 0.6) is 0 Å². The third-order valence-electron chi connectivity index (χ3n) is 7.04. The molecule has 1 unspecified atom stereocenters. The maximum absolute atomic E-state index is 12.7. The van der Waals surface area contributed by atoms with E-state index in [-0.39, 0.29) is 6.03 Å². The Kier molecular flexibility index (Phi) is 8.28. The van der Waals surface area contributed by atoms with E-state index in [1.807, 2.05) is 29.8 Å². The summed E-state index contributed by atoms with van der Waals surface area (Å²) in [5.41, 5.74) is 7.77. The van der Waals surface area contributed by atoms with Crippen molar-refractivity contribution < 1.29 is 14.3 Å². The Morgan fingerprint density at radius 2 is 1.97 bits per heavy atom. The molecule has 2 N–H and O–H groups in total. The number of urea groups is 1. The van der Waals surface area contributed by atoms with E-state index in [0.717, 1.165) is 69.3 Å². The number of likely N-dealkylation sites (N-methyl/N-ethyl adjacent to an activating group) is 1. The fraction of sp³-hybridized carbons (Fsp3) is 0.600. The second kappa shape index (κ2) is 11.8. The highest BCUT2D eigenvalue weighted by atomic mass is 32.2. The molecule has 0 aliphatic carbocycles. The number of nitrogens with two attached hydrogens (primary N) is 1. The van der Waals surface area contributed by atoms with Crippen molar-refractivity contribution in [3.8, 4) is 11.4 Å². The van der Waals surface area contributed by atoms with Crippen LogP contribution >= 0.6 is 11.8 Å². The number of thioether (sulfide) groups is 1. The highest BCUT2D eigenvalue weighted by molar-refractivity contribution is 8.00. The Balaban J connectivity index is 1.25. The first-order chi connectivity index (χ1) is 18.0. The molecule has 3 aliphatic rings. The van der Waals surface area contributed by atoms with Gasteiger partial charge in [0.05, 0.1) is 30.4 Å². The SMILES string of the molecule is COCCN(C)C(=O)N1CCN(CC2Cc3nc(-c4ccc(N)nc4)nc(N4CCOCC4)c3S2)CC1. The predicted molar refractivity (Wildman–Crippen MR) is 144 cm³/mol. The van der Waals surface area contributed by atoms with Crippen LogP contribution in [0.2, 0.25) is 0 Å². The number of fused-ring (bicyclic) bond motifs is 1. The second-order valence-corrected chi connectivity index (χ2v) is 11.0. The third kappa shape index (κ3) is 6.08. The van der Waals surface area contributed by atoms with E-state index >= 15 is 0 Å². The van der Waals surface area contributed by atoms with Gasteiger partial charge in [-0.1, -0.05) is 0 Å². The van der Waals surface area contributed by atoms with E-state index in [0.29, 0.717) is 43.3 Å². The largest absolute Gasteiger partial charge is 0.384 e. The lowest BCUT2D eigenvalue weighted by Crippen LogP contribution is -2.53. The Hall–Kier alpha value is -2.67. The van der Waals surface area contributed by atoms with E-state index < -0.39 is 0 Å². The molecular weight excluding hydrogens is 492 g/mol. The van der Waals surface area contributed by atoms with E-state index in [9.17, 15) is 4.79 Å². The number of pyridine rings is 1. The highest BCUT2D eigenvalue weighted by Gasteiger charge is 2.33. The summed E-state index contributed by atoms with van der Waals surface area (Å²) in [7, 11) is 3.49. The van der Waals surface area contributed by atoms with Gasteiger partial charge in [-0.2, -0.15) is 0 Å². The number of nitrogens with zero attached hydrogens (tertiary/aromatic N) is 7. The lowest BCUT2D eigenvalue weighted by molar-refractivity contribution is 0.108. The van der Waals surface area contributed by atoms with Gasteiger partial charge < -0.3 is 29.9 Å². The number of amides is 2. The Bertz CT molecular complexity index is 1070. The zero-order valence-corrected chi connectivity index (χ0v) is 22.5. The first-order valence-electron chi connectivity index (χ1n) is 12.9. The predicted octanol–water partition coefficient (Wildman–Crippen LogP) is 1.29. The van der Waals surface area contributed by atoms with E-state index in [2.05, 4.69) is 14.8 Å². The minimum Gasteiger partial charge on any atom is -0.384 e. The van der Waals surface area contributed by atoms with Crippen molar-refractivity contribution in [2.75, 3.05) is 97.0 Å². The number of aromatic nitrogens is 3. The van der Waals surface area contributed by atoms with E-state index in [4.69, 9.17) is 25.2 Å². The van der Waals surface area contributed by atoms with Crippen LogP contribution in [0, 0.1) is 0 Å². The lowest BCUT2D eigenvalue weighted by atomic mass is 10.2. The minimum absolute atomic E-state index is 0.0782. The molecule has 12 heteroatoms. The summed E-state index contributed by atoms with van der Waals surface area (Å²) < 4.78 is 10.7. The second-order valence-electron chi connectivity index (χ2n) is 9.65. The maximum atomic E-state index is 12.7. The van der Waals surface area contributed by atoms with Crippen molar-refractivity contribution >= 4 is 29.4 Å². The summed E-state index contributed by atoms with van der Waals surface area (Å²) >= 11 is 1.89. The summed E-state index contributed by atoms with van der Waals surface area (Å²) in [6.45, 7) is 8.41. The summed E-state index contributed by atoms with van der Waals surface area (Å²) in [4.78, 5) is 36.6. The summed E-state index contributed by atoms with van der Waals surface area (Å²) in [6.07, 6.45) is 2.64. The number of nitrogen functional groups attached to an aromatic ring is 1. The average Bonchev–Trinajstić information content (AvgIpc) is 3.34. The quantitative estimate of drug-likeness (QED) is 0.564. The van der Waals surface area contributed by atoms with Crippen molar-refractivity contribution in [3.63, 3.8) is 0 Å². The van der Waals surface area contributed by atoms with Crippen LogP contribution in [0.25, 0.3) is 11.4 Å². The number of morpholine rings is 1. The van der Waals surface area contributed by atoms with Crippen LogP contribution in [-0.2, 0) is 15.9 Å². The molecule has 37 heavy (non-hydrogen) atoms. The molecule has 2 aromatic rings. The number of carbonyl (C=O) groups is 1. The Morgan fingerprint density at radius 3 is 2.68 bits per heavy atom. The van der Waals surface area contributed by atoms with Crippen LogP contribution < -0.4 is 10.6 Å². The highest BCUT2D eigenvalue weighted by Crippen LogP contribution is 2.43. The van der Waals surface area contributed by atoms with Crippen LogP contribution in [0.15, 0.2) is 23.2 Å². The van der Waals surface area contributed by atoms with Crippen molar-refractivity contribution in [2.24, 2.45) is 0 Å². The summed E-state index contributed by atoms with van der Waals surface area (Å²) in [5, 5.41) is 0.399. The number of rotatable bonds is 7. The molecule has 2 saturated heterocycles. The van der Waals surface area contributed by atoms with E-state index in [1.165, 1.54) is 4.90 Å². The molecule has 5 heterocycles. The number of hydrogen-bond acceptors (Lipinski definition) is 10. The van der Waals surface area contributed by atoms with Gasteiger partial charge in [-0.05, 0) is 12.1 Å². The lowest BCUT2D eigenvalue weighted by Gasteiger charge is -2.37. The van der Waals surface area contributed by atoms with Gasteiger partial charge in [0.25, 0.3) is 0 Å². The maximum Gasteiger partial charge on any atom is 0.319 e. The summed E-state index contributed by atoms with van der Waals surface area (Å²) in [6, 6.07) is 3.80. The van der Waals surface area contributed by atoms with Crippen LogP contribution in [-0.4, -0.2) is 127 Å². The minimum atomic E-state index is 0.0782. The molecule has 2 amide bonds. The zero-order chi connectivity index (χ0) is 25.8. The van der Waals surface area contributed by atoms with Gasteiger partial charge in [0.2, 0.25) is 0 Å². The van der Waals surface area contributed by atoms with Gasteiger partial charge in [0, 0.05) is 89.9 Å². The topological polar surface area (TPSA) is 113 Å². The fourth-order valence-corrected chi connectivity index (χ4v) is 6.30. The number of anilines is 2. The number of carbonyl (C=O) groups excluding carboxylic acids is 1. The smallest absolute Gasteiger partial charge is 0.319 e. The molecule has 0 aromatic carbocycles. The van der Waals surface area contributed by atoms with Crippen LogP contribution in [0.1, 0.15) is 5.69 Å². The molecule has 0 radical (unpaired) electrons. The molecule has 5 rings (SSSR count). The van der Waals surface area contributed by atoms with Gasteiger partial charge >= 0.3 is 6.03 Å². The molecule has 0 saturated carbocycles. The van der Waals surface area contributed by atoms with Gasteiger partial charge in [-0.3, -0.25) is 4.90 Å². The van der Waals surface area contributed by atoms with E-state index in [1.54, 1.807) is 24.3 Å². The van der Waals surface area contributed by atoms with Crippen molar-refractivity contribution in [3.05, 3.63) is 24.0 Å². The number of methoxy groups -OCH3 is 1. The van der Waals surface area contributed by atoms with Crippen molar-refractivity contribution in [1.29, 1.82) is 0 Å². The number of ether oxygens (including phenoxy) is 2.